The number of methoxy groups -OCH3 is 1. The molecule has 8 nitrogen and oxygen atoms in total. The van der Waals surface area contributed by atoms with Crippen LogP contribution in [0.3, 0.4) is 0 Å². The van der Waals surface area contributed by atoms with Crippen molar-refractivity contribution in [3.05, 3.63) is 88.4 Å². The van der Waals surface area contributed by atoms with Crippen LogP contribution in [0.4, 0.5) is 5.69 Å². The van der Waals surface area contributed by atoms with E-state index in [-0.39, 0.29) is 34.0 Å². The topological polar surface area (TPSA) is 96.0 Å². The van der Waals surface area contributed by atoms with Crippen LogP contribution in [0.5, 0.6) is 5.75 Å². The number of halogens is 2. The van der Waals surface area contributed by atoms with Gasteiger partial charge in [-0.25, -0.2) is 8.42 Å². The van der Waals surface area contributed by atoms with E-state index in [1.807, 2.05) is 13.8 Å². The number of hydrogen-bond donors (Lipinski definition) is 1. The van der Waals surface area contributed by atoms with Crippen molar-refractivity contribution in [3.63, 3.8) is 0 Å². The number of ether oxygens (including phenoxy) is 1. The Balaban J connectivity index is 2.03. The van der Waals surface area contributed by atoms with Crippen molar-refractivity contribution in [2.45, 2.75) is 38.3 Å². The summed E-state index contributed by atoms with van der Waals surface area (Å²) in [6.45, 7) is 5.47. The molecule has 3 aromatic rings. The number of carbonyl (C=O) groups excluding carboxylic acids is 2. The molecule has 0 aromatic heterocycles. The van der Waals surface area contributed by atoms with Gasteiger partial charge in [-0.1, -0.05) is 67.4 Å². The fourth-order valence-electron chi connectivity index (χ4n) is 3.88. The van der Waals surface area contributed by atoms with E-state index >= 15 is 0 Å². The minimum absolute atomic E-state index is 0.00159. The highest BCUT2D eigenvalue weighted by molar-refractivity contribution is 7.92. The lowest BCUT2D eigenvalue weighted by Gasteiger charge is -2.32. The van der Waals surface area contributed by atoms with Gasteiger partial charge < -0.3 is 15.0 Å². The summed E-state index contributed by atoms with van der Waals surface area (Å²) in [5, 5.41) is 3.57. The van der Waals surface area contributed by atoms with Crippen molar-refractivity contribution in [1.29, 1.82) is 0 Å². The molecule has 0 aliphatic heterocycles. The van der Waals surface area contributed by atoms with Crippen molar-refractivity contribution in [3.8, 4) is 5.75 Å². The largest absolute Gasteiger partial charge is 0.495 e. The molecule has 0 spiro atoms. The number of hydrogen-bond acceptors (Lipinski definition) is 5. The molecule has 3 aromatic carbocycles. The molecule has 0 unspecified atom stereocenters. The van der Waals surface area contributed by atoms with Crippen LogP contribution in [-0.4, -0.2) is 51.4 Å². The number of sulfonamides is 1. The summed E-state index contributed by atoms with van der Waals surface area (Å²) in [6.07, 6.45) is 0. The maximum absolute atomic E-state index is 13.9. The normalized spacial score (nSPS) is 12.1. The van der Waals surface area contributed by atoms with Crippen LogP contribution < -0.4 is 14.4 Å². The minimum atomic E-state index is -4.20. The number of nitrogens with one attached hydrogen (secondary N) is 1. The zero-order valence-corrected chi connectivity index (χ0v) is 25.1. The molecular formula is C29H33Cl2N3O5S. The van der Waals surface area contributed by atoms with Crippen molar-refractivity contribution in [2.24, 2.45) is 5.92 Å². The molecule has 3 rings (SSSR count). The lowest BCUT2D eigenvalue weighted by Crippen LogP contribution is -2.51. The van der Waals surface area contributed by atoms with Crippen LogP contribution in [0, 0.1) is 5.92 Å². The molecule has 0 aliphatic rings. The number of benzene rings is 3. The Bertz CT molecular complexity index is 1420. The molecule has 0 fully saturated rings. The van der Waals surface area contributed by atoms with E-state index in [1.165, 1.54) is 42.3 Å². The first kappa shape index (κ1) is 31.3. The van der Waals surface area contributed by atoms with Crippen molar-refractivity contribution in [1.82, 2.24) is 10.2 Å². The van der Waals surface area contributed by atoms with E-state index in [9.17, 15) is 18.0 Å². The van der Waals surface area contributed by atoms with Crippen molar-refractivity contribution < 1.29 is 22.7 Å². The Hall–Kier alpha value is -3.27. The zero-order valence-electron chi connectivity index (χ0n) is 22.8. The Morgan fingerprint density at radius 1 is 0.950 bits per heavy atom. The summed E-state index contributed by atoms with van der Waals surface area (Å²) in [6, 6.07) is 18.3. The molecule has 0 saturated heterocycles. The maximum Gasteiger partial charge on any atom is 0.264 e. The van der Waals surface area contributed by atoms with Gasteiger partial charge in [0.25, 0.3) is 10.0 Å². The minimum Gasteiger partial charge on any atom is -0.495 e. The highest BCUT2D eigenvalue weighted by Gasteiger charge is 2.32. The Morgan fingerprint density at radius 3 is 2.17 bits per heavy atom. The van der Waals surface area contributed by atoms with Crippen LogP contribution in [0.25, 0.3) is 0 Å². The van der Waals surface area contributed by atoms with Crippen LogP contribution in [-0.2, 0) is 26.2 Å². The zero-order chi connectivity index (χ0) is 29.4. The Morgan fingerprint density at radius 2 is 1.60 bits per heavy atom. The van der Waals surface area contributed by atoms with Gasteiger partial charge in [0.2, 0.25) is 11.8 Å². The summed E-state index contributed by atoms with van der Waals surface area (Å²) in [4.78, 5) is 28.3. The summed E-state index contributed by atoms with van der Waals surface area (Å²) >= 11 is 12.4. The average molecular weight is 607 g/mol. The first-order chi connectivity index (χ1) is 18.9. The lowest BCUT2D eigenvalue weighted by molar-refractivity contribution is -0.139. The predicted molar refractivity (Wildman–Crippen MR) is 158 cm³/mol. The first-order valence-corrected chi connectivity index (χ1v) is 14.9. The maximum atomic E-state index is 13.9. The van der Waals surface area contributed by atoms with E-state index in [4.69, 9.17) is 27.9 Å². The van der Waals surface area contributed by atoms with E-state index in [0.717, 1.165) is 9.87 Å². The number of rotatable bonds is 12. The molecule has 0 radical (unpaired) electrons. The highest BCUT2D eigenvalue weighted by Crippen LogP contribution is 2.32. The molecule has 0 aliphatic carbocycles. The number of carbonyl (C=O) groups is 2. The standard InChI is InChI=1S/C29H33Cl2N3O5S/c1-20(2)17-32-29(36)21(3)33(18-22-10-12-23(30)13-11-22)28(35)19-34(24-14-15-27(39-4)26(31)16-24)40(37,38)25-8-6-5-7-9-25/h5-16,20-21H,17-19H2,1-4H3,(H,32,36)/t21-/m0/s1. The summed E-state index contributed by atoms with van der Waals surface area (Å²) < 4.78 is 33.8. The highest BCUT2D eigenvalue weighted by atomic mass is 35.5. The molecule has 40 heavy (non-hydrogen) atoms. The third-order valence-corrected chi connectivity index (χ3v) is 8.49. The van der Waals surface area contributed by atoms with Crippen LogP contribution in [0.1, 0.15) is 26.3 Å². The van der Waals surface area contributed by atoms with Gasteiger partial charge in [-0.2, -0.15) is 0 Å². The SMILES string of the molecule is COc1ccc(N(CC(=O)N(Cc2ccc(Cl)cc2)[C@@H](C)C(=O)NCC(C)C)S(=O)(=O)c2ccccc2)cc1Cl. The fraction of sp³-hybridized carbons (Fsp3) is 0.310. The lowest BCUT2D eigenvalue weighted by atomic mass is 10.1. The number of amides is 2. The number of nitrogens with zero attached hydrogens (tertiary/aromatic N) is 2. The Labute approximate surface area is 245 Å². The molecule has 11 heteroatoms. The van der Waals surface area contributed by atoms with Crippen LogP contribution in [0.2, 0.25) is 10.0 Å². The van der Waals surface area contributed by atoms with E-state index in [1.54, 1.807) is 49.4 Å². The van der Waals surface area contributed by atoms with Gasteiger partial charge in [0.05, 0.1) is 22.7 Å². The molecule has 0 heterocycles. The van der Waals surface area contributed by atoms with Gasteiger partial charge in [-0.05, 0) is 60.9 Å². The summed E-state index contributed by atoms with van der Waals surface area (Å²) in [5.74, 6) is -0.355. The molecule has 1 N–H and O–H groups in total. The third kappa shape index (κ3) is 7.90. The molecule has 214 valence electrons. The smallest absolute Gasteiger partial charge is 0.264 e. The average Bonchev–Trinajstić information content (AvgIpc) is 2.94. The van der Waals surface area contributed by atoms with Crippen molar-refractivity contribution >= 4 is 50.7 Å². The van der Waals surface area contributed by atoms with Gasteiger partial charge in [-0.15, -0.1) is 0 Å². The van der Waals surface area contributed by atoms with Gasteiger partial charge >= 0.3 is 0 Å². The molecule has 1 atom stereocenters. The molecule has 0 saturated carbocycles. The monoisotopic (exact) mass is 605 g/mol. The van der Waals surface area contributed by atoms with Crippen LogP contribution in [0.15, 0.2) is 77.7 Å². The van der Waals surface area contributed by atoms with Crippen LogP contribution >= 0.6 is 23.2 Å². The molecule has 0 bridgehead atoms. The van der Waals surface area contributed by atoms with E-state index in [0.29, 0.717) is 17.3 Å². The first-order valence-electron chi connectivity index (χ1n) is 12.7. The fourth-order valence-corrected chi connectivity index (χ4v) is 5.69. The second kappa shape index (κ2) is 13.9. The molecule has 2 amide bonds. The molecular weight excluding hydrogens is 573 g/mol. The van der Waals surface area contributed by atoms with Gasteiger partial charge in [0.15, 0.2) is 0 Å². The Kier molecular flexibility index (Phi) is 10.8. The second-order valence-electron chi connectivity index (χ2n) is 9.61. The van der Waals surface area contributed by atoms with E-state index < -0.39 is 28.5 Å². The summed E-state index contributed by atoms with van der Waals surface area (Å²) in [5.41, 5.74) is 0.901. The number of anilines is 1. The quantitative estimate of drug-likeness (QED) is 0.299. The predicted octanol–water partition coefficient (Wildman–Crippen LogP) is 5.39. The second-order valence-corrected chi connectivity index (χ2v) is 12.3. The van der Waals surface area contributed by atoms with Gasteiger partial charge in [-0.3, -0.25) is 13.9 Å². The van der Waals surface area contributed by atoms with E-state index in [2.05, 4.69) is 5.32 Å². The van der Waals surface area contributed by atoms with Gasteiger partial charge in [0, 0.05) is 18.1 Å². The van der Waals surface area contributed by atoms with Gasteiger partial charge in [0.1, 0.15) is 18.3 Å². The summed E-state index contributed by atoms with van der Waals surface area (Å²) in [7, 11) is -2.75. The third-order valence-electron chi connectivity index (χ3n) is 6.15. The van der Waals surface area contributed by atoms with Crippen molar-refractivity contribution in [2.75, 3.05) is 24.5 Å².